The normalized spacial score (nSPS) is 24.1. The molecule has 1 N–H and O–H groups in total. The van der Waals surface area contributed by atoms with Gasteiger partial charge in [0.2, 0.25) is 5.95 Å². The number of anilines is 2. The van der Waals surface area contributed by atoms with E-state index in [9.17, 15) is 0 Å². The molecule has 4 aliphatic rings. The van der Waals surface area contributed by atoms with Crippen LogP contribution in [0.2, 0.25) is 5.02 Å². The van der Waals surface area contributed by atoms with Crippen LogP contribution in [0.3, 0.4) is 0 Å². The van der Waals surface area contributed by atoms with Crippen LogP contribution in [0.1, 0.15) is 25.7 Å². The Hall–Kier alpha value is -3.03. The Bertz CT molecular complexity index is 1540. The number of fused-ring (bicyclic) bond motifs is 4. The highest BCUT2D eigenvalue weighted by atomic mass is 35.5. The van der Waals surface area contributed by atoms with Gasteiger partial charge in [-0.3, -0.25) is 4.98 Å². The third-order valence-corrected chi connectivity index (χ3v) is 9.36. The van der Waals surface area contributed by atoms with E-state index in [1.807, 2.05) is 36.4 Å². The number of rotatable bonds is 3. The van der Waals surface area contributed by atoms with Crippen molar-refractivity contribution in [3.8, 4) is 11.3 Å². The van der Waals surface area contributed by atoms with Crippen LogP contribution in [-0.2, 0) is 0 Å². The highest BCUT2D eigenvalue weighted by Crippen LogP contribution is 2.42. The lowest BCUT2D eigenvalue weighted by atomic mass is 9.80. The molecule has 6 nitrogen and oxygen atoms in total. The van der Waals surface area contributed by atoms with Crippen molar-refractivity contribution < 1.29 is 4.39 Å². The highest BCUT2D eigenvalue weighted by Gasteiger charge is 2.48. The Morgan fingerprint density at radius 2 is 1.76 bits per heavy atom. The average Bonchev–Trinajstić information content (AvgIpc) is 3.19. The van der Waals surface area contributed by atoms with Crippen molar-refractivity contribution in [2.24, 2.45) is 11.8 Å². The number of benzene rings is 2. The van der Waals surface area contributed by atoms with Gasteiger partial charge in [-0.1, -0.05) is 41.9 Å². The van der Waals surface area contributed by atoms with Crippen LogP contribution in [0.4, 0.5) is 16.2 Å². The van der Waals surface area contributed by atoms with Crippen LogP contribution in [0, 0.1) is 17.7 Å². The van der Waals surface area contributed by atoms with Gasteiger partial charge >= 0.3 is 0 Å². The smallest absolute Gasteiger partial charge is 0.228 e. The van der Waals surface area contributed by atoms with Crippen LogP contribution in [0.5, 0.6) is 0 Å². The fraction of sp³-hybridized carbons (Fsp3) is 0.414. The summed E-state index contributed by atoms with van der Waals surface area (Å²) in [6, 6.07) is 11.5. The quantitative estimate of drug-likeness (QED) is 0.393. The van der Waals surface area contributed by atoms with Gasteiger partial charge in [-0.05, 0) is 55.5 Å². The molecule has 1 spiro atoms. The summed E-state index contributed by atoms with van der Waals surface area (Å²) in [7, 11) is 0. The van der Waals surface area contributed by atoms with Crippen molar-refractivity contribution in [3.05, 3.63) is 53.4 Å². The lowest BCUT2D eigenvalue weighted by Gasteiger charge is -2.56. The minimum atomic E-state index is -0.410. The minimum absolute atomic E-state index is 0.185. The Labute approximate surface area is 219 Å². The molecule has 2 aromatic heterocycles. The van der Waals surface area contributed by atoms with Crippen LogP contribution < -0.4 is 15.1 Å². The maximum Gasteiger partial charge on any atom is 0.228 e. The summed E-state index contributed by atoms with van der Waals surface area (Å²) in [6.45, 7) is 4.72. The molecule has 2 unspecified atom stereocenters. The molecule has 37 heavy (non-hydrogen) atoms. The van der Waals surface area contributed by atoms with Crippen molar-refractivity contribution in [2.75, 3.05) is 42.5 Å². The molecule has 2 aromatic carbocycles. The topological polar surface area (TPSA) is 57.2 Å². The number of pyridine rings is 1. The van der Waals surface area contributed by atoms with Crippen LogP contribution >= 0.6 is 11.6 Å². The zero-order valence-corrected chi connectivity index (χ0v) is 21.3. The lowest BCUT2D eigenvalue weighted by molar-refractivity contribution is 0.158. The number of halogens is 2. The molecule has 3 saturated heterocycles. The van der Waals surface area contributed by atoms with Crippen molar-refractivity contribution in [1.29, 1.82) is 0 Å². The van der Waals surface area contributed by atoms with Gasteiger partial charge in [0.15, 0.2) is 5.82 Å². The van der Waals surface area contributed by atoms with Gasteiger partial charge < -0.3 is 15.1 Å². The Balaban J connectivity index is 1.30. The molecule has 8 heteroatoms. The molecule has 2 bridgehead atoms. The van der Waals surface area contributed by atoms with Crippen LogP contribution in [0.15, 0.2) is 42.6 Å². The molecular weight excluding hydrogens is 487 g/mol. The Morgan fingerprint density at radius 1 is 1.00 bits per heavy atom. The molecule has 3 aliphatic heterocycles. The minimum Gasteiger partial charge on any atom is -0.355 e. The number of nitrogens with one attached hydrogen (secondary N) is 1. The standard InChI is InChI=1S/C29H28ClFN6/c30-22-6-2-4-19-3-1-5-20(23(19)22)25-24(31)26-21(12-32-25)27(36-13-17-7-8-18(11-17)14-36)35-28(34-26)37-15-29(16-37)9-10-33-29/h1-6,12,17-18,33H,7-11,13-16H2. The average molecular weight is 515 g/mol. The summed E-state index contributed by atoms with van der Waals surface area (Å²) in [5.74, 6) is 2.41. The zero-order valence-electron chi connectivity index (χ0n) is 20.6. The monoisotopic (exact) mass is 514 g/mol. The van der Waals surface area contributed by atoms with Gasteiger partial charge in [0.05, 0.1) is 10.9 Å². The van der Waals surface area contributed by atoms with E-state index in [2.05, 4.69) is 20.1 Å². The molecule has 5 heterocycles. The first-order valence-electron chi connectivity index (χ1n) is 13.4. The summed E-state index contributed by atoms with van der Waals surface area (Å²) >= 11 is 6.59. The Kier molecular flexibility index (Phi) is 4.75. The number of hydrogen-bond donors (Lipinski definition) is 1. The van der Waals surface area contributed by atoms with E-state index in [-0.39, 0.29) is 11.2 Å². The molecule has 1 saturated carbocycles. The van der Waals surface area contributed by atoms with Gasteiger partial charge in [-0.2, -0.15) is 4.98 Å². The summed E-state index contributed by atoms with van der Waals surface area (Å²) < 4.78 is 16.5. The molecular formula is C29H28ClFN6. The largest absolute Gasteiger partial charge is 0.355 e. The second kappa shape index (κ2) is 7.98. The first-order chi connectivity index (χ1) is 18.1. The molecule has 0 amide bonds. The maximum absolute atomic E-state index is 16.5. The van der Waals surface area contributed by atoms with Crippen molar-refractivity contribution in [3.63, 3.8) is 0 Å². The molecule has 188 valence electrons. The van der Waals surface area contributed by atoms with Gasteiger partial charge in [0, 0.05) is 48.3 Å². The third kappa shape index (κ3) is 3.36. The summed E-state index contributed by atoms with van der Waals surface area (Å²) in [4.78, 5) is 19.1. The predicted octanol–water partition coefficient (Wildman–Crippen LogP) is 5.43. The lowest BCUT2D eigenvalue weighted by Crippen LogP contribution is -2.76. The van der Waals surface area contributed by atoms with Crippen LogP contribution in [-0.4, -0.2) is 53.2 Å². The Morgan fingerprint density at radius 3 is 2.49 bits per heavy atom. The van der Waals surface area contributed by atoms with Gasteiger partial charge in [-0.15, -0.1) is 0 Å². The molecule has 4 fully saturated rings. The van der Waals surface area contributed by atoms with E-state index in [1.54, 1.807) is 6.20 Å². The summed E-state index contributed by atoms with van der Waals surface area (Å²) in [6.07, 6.45) is 6.78. The van der Waals surface area contributed by atoms with Gasteiger partial charge in [0.25, 0.3) is 0 Å². The zero-order chi connectivity index (χ0) is 24.7. The highest BCUT2D eigenvalue weighted by molar-refractivity contribution is 6.36. The second-order valence-corrected chi connectivity index (χ2v) is 11.8. The number of nitrogens with zero attached hydrogens (tertiary/aromatic N) is 5. The number of hydrogen-bond acceptors (Lipinski definition) is 6. The van der Waals surface area contributed by atoms with E-state index in [0.717, 1.165) is 49.3 Å². The second-order valence-electron chi connectivity index (χ2n) is 11.4. The predicted molar refractivity (Wildman–Crippen MR) is 146 cm³/mol. The van der Waals surface area contributed by atoms with Gasteiger partial charge in [0.1, 0.15) is 17.0 Å². The fourth-order valence-electron chi connectivity index (χ4n) is 7.05. The van der Waals surface area contributed by atoms with E-state index < -0.39 is 5.82 Å². The maximum atomic E-state index is 16.5. The van der Waals surface area contributed by atoms with E-state index in [1.165, 1.54) is 25.7 Å². The summed E-state index contributed by atoms with van der Waals surface area (Å²) in [5.41, 5.74) is 1.49. The first kappa shape index (κ1) is 22.0. The molecule has 2 atom stereocenters. The van der Waals surface area contributed by atoms with E-state index in [4.69, 9.17) is 21.6 Å². The first-order valence-corrected chi connectivity index (χ1v) is 13.7. The van der Waals surface area contributed by atoms with Crippen LogP contribution in [0.25, 0.3) is 32.9 Å². The number of aromatic nitrogens is 3. The van der Waals surface area contributed by atoms with Crippen molar-refractivity contribution in [1.82, 2.24) is 20.3 Å². The molecule has 8 rings (SSSR count). The van der Waals surface area contributed by atoms with Crippen molar-refractivity contribution in [2.45, 2.75) is 31.2 Å². The molecule has 0 radical (unpaired) electrons. The third-order valence-electron chi connectivity index (χ3n) is 9.04. The summed E-state index contributed by atoms with van der Waals surface area (Å²) in [5, 5.41) is 6.59. The molecule has 4 aromatic rings. The van der Waals surface area contributed by atoms with Gasteiger partial charge in [-0.25, -0.2) is 9.37 Å². The van der Waals surface area contributed by atoms with E-state index >= 15 is 4.39 Å². The SMILES string of the molecule is Fc1c(-c2cccc3cccc(Cl)c23)ncc2c(N3CC4CCC(C4)C3)nc(N3CC4(CCN4)C3)nc12. The van der Waals surface area contributed by atoms with E-state index in [0.29, 0.717) is 39.3 Å². The van der Waals surface area contributed by atoms with Crippen molar-refractivity contribution >= 4 is 45.0 Å². The molecule has 1 aliphatic carbocycles. The fourth-order valence-corrected chi connectivity index (χ4v) is 7.33. The number of piperidine rings is 1.